The van der Waals surface area contributed by atoms with Gasteiger partial charge in [0, 0.05) is 44.6 Å². The lowest BCUT2D eigenvalue weighted by molar-refractivity contribution is 0.460. The summed E-state index contributed by atoms with van der Waals surface area (Å²) in [7, 11) is 0. The van der Waals surface area contributed by atoms with E-state index in [1.54, 1.807) is 48.5 Å². The van der Waals surface area contributed by atoms with Crippen LogP contribution in [0.15, 0.2) is 206 Å². The van der Waals surface area contributed by atoms with Gasteiger partial charge in [-0.3, -0.25) is 0 Å². The lowest BCUT2D eigenvalue weighted by Gasteiger charge is -2.37. The zero-order chi connectivity index (χ0) is 58.1. The van der Waals surface area contributed by atoms with Crippen molar-refractivity contribution in [3.05, 3.63) is 206 Å². The van der Waals surface area contributed by atoms with Crippen LogP contribution in [0.4, 0.5) is 0 Å². The molecule has 0 saturated heterocycles. The molecule has 4 aliphatic heterocycles. The summed E-state index contributed by atoms with van der Waals surface area (Å²) in [6.07, 6.45) is 0. The summed E-state index contributed by atoms with van der Waals surface area (Å²) in [6.45, 7) is -1.31. The highest BCUT2D eigenvalue weighted by Crippen LogP contribution is 2.54. The van der Waals surface area contributed by atoms with Crippen molar-refractivity contribution in [3.8, 4) is 68.5 Å². The van der Waals surface area contributed by atoms with Gasteiger partial charge in [-0.15, -0.1) is 0 Å². The van der Waals surface area contributed by atoms with Crippen molar-refractivity contribution >= 4 is 89.8 Å². The van der Waals surface area contributed by atoms with E-state index in [9.17, 15) is 16.4 Å². The fourth-order valence-electron chi connectivity index (χ4n) is 11.0. The molecule has 0 saturated carbocycles. The monoisotopic (exact) mass is 884 g/mol. The fraction of sp³-hybridized carbons (Fsp3) is 0. The second-order valence-electron chi connectivity index (χ2n) is 17.0. The molecular formula is C60H34B2N2O4. The summed E-state index contributed by atoms with van der Waals surface area (Å²) in [5, 5.41) is -0.917. The van der Waals surface area contributed by atoms with Crippen LogP contribution in [0, 0.1) is 0 Å². The van der Waals surface area contributed by atoms with E-state index in [1.165, 1.54) is 9.13 Å². The van der Waals surface area contributed by atoms with Crippen LogP contribution >= 0.6 is 0 Å². The number of nitrogens with zero attached hydrogens (tertiary/aromatic N) is 2. The van der Waals surface area contributed by atoms with Crippen molar-refractivity contribution in [2.75, 3.05) is 0 Å². The minimum atomic E-state index is -0.681. The third-order valence-corrected chi connectivity index (χ3v) is 13.7. The molecule has 314 valence electrons. The molecule has 2 aromatic heterocycles. The van der Waals surface area contributed by atoms with E-state index in [2.05, 4.69) is 0 Å². The third-order valence-electron chi connectivity index (χ3n) is 13.7. The van der Waals surface area contributed by atoms with Gasteiger partial charge in [0.15, 0.2) is 0 Å². The minimum Gasteiger partial charge on any atom is -0.458 e. The zero-order valence-electron chi connectivity index (χ0n) is 51.1. The van der Waals surface area contributed by atoms with Crippen LogP contribution in [0.25, 0.3) is 66.1 Å². The first-order valence-corrected chi connectivity index (χ1v) is 21.9. The Labute approximate surface area is 413 Å². The molecule has 0 atom stereocenters. The summed E-state index contributed by atoms with van der Waals surface area (Å²) in [5.41, 5.74) is 2.80. The quantitative estimate of drug-likeness (QED) is 0.166. The summed E-state index contributed by atoms with van der Waals surface area (Å²) in [5.74, 6) is 2.17. The van der Waals surface area contributed by atoms with Gasteiger partial charge in [-0.25, -0.2) is 0 Å². The highest BCUT2D eigenvalue weighted by molar-refractivity contribution is 6.99. The topological polar surface area (TPSA) is 46.8 Å². The molecule has 6 heterocycles. The zero-order valence-corrected chi connectivity index (χ0v) is 35.1. The van der Waals surface area contributed by atoms with Gasteiger partial charge >= 0.3 is 0 Å². The van der Waals surface area contributed by atoms with Crippen molar-refractivity contribution in [1.82, 2.24) is 9.13 Å². The van der Waals surface area contributed by atoms with Crippen molar-refractivity contribution in [3.63, 3.8) is 0 Å². The van der Waals surface area contributed by atoms with E-state index >= 15 is 0 Å². The Bertz CT molecular complexity index is 4670. The molecule has 68 heavy (non-hydrogen) atoms. The molecule has 0 amide bonds. The number of rotatable bonds is 3. The van der Waals surface area contributed by atoms with Crippen molar-refractivity contribution in [2.24, 2.45) is 0 Å². The van der Waals surface area contributed by atoms with E-state index in [-0.39, 0.29) is 89.1 Å². The first-order valence-electron chi connectivity index (χ1n) is 29.9. The normalized spacial score (nSPS) is 16.7. The van der Waals surface area contributed by atoms with E-state index < -0.39 is 110 Å². The van der Waals surface area contributed by atoms with E-state index in [0.29, 0.717) is 33.9 Å². The Kier molecular flexibility index (Phi) is 4.84. The van der Waals surface area contributed by atoms with Crippen molar-refractivity contribution in [1.29, 1.82) is 0 Å². The van der Waals surface area contributed by atoms with Crippen LogP contribution in [-0.2, 0) is 0 Å². The van der Waals surface area contributed by atoms with Crippen LogP contribution in [0.3, 0.4) is 0 Å². The second-order valence-corrected chi connectivity index (χ2v) is 17.0. The van der Waals surface area contributed by atoms with Gasteiger partial charge in [0.2, 0.25) is 0 Å². The summed E-state index contributed by atoms with van der Waals surface area (Å²) >= 11 is 0. The molecular weight excluding hydrogens is 834 g/mol. The Morgan fingerprint density at radius 3 is 0.971 bits per heavy atom. The largest absolute Gasteiger partial charge is 0.458 e. The van der Waals surface area contributed by atoms with Gasteiger partial charge < -0.3 is 28.1 Å². The lowest BCUT2D eigenvalue weighted by atomic mass is 9.34. The predicted octanol–water partition coefficient (Wildman–Crippen LogP) is 11.0. The van der Waals surface area contributed by atoms with Gasteiger partial charge in [0.1, 0.15) is 46.0 Å². The molecule has 8 heteroatoms. The molecule has 16 rings (SSSR count). The lowest BCUT2D eigenvalue weighted by Crippen LogP contribution is -2.58. The molecule has 0 bridgehead atoms. The maximum atomic E-state index is 9.80. The van der Waals surface area contributed by atoms with Gasteiger partial charge in [-0.1, -0.05) is 145 Å². The first kappa shape index (κ1) is 24.6. The fourth-order valence-corrected chi connectivity index (χ4v) is 11.0. The van der Waals surface area contributed by atoms with Crippen LogP contribution in [0.1, 0.15) is 21.9 Å². The molecule has 4 aliphatic rings. The summed E-state index contributed by atoms with van der Waals surface area (Å²) < 4.78 is 181. The molecule has 0 radical (unpaired) electrons. The number of ether oxygens (including phenoxy) is 4. The summed E-state index contributed by atoms with van der Waals surface area (Å²) in [6, 6.07) is 22.7. The molecule has 0 fully saturated rings. The first-order chi connectivity index (χ1) is 40.4. The average molecular weight is 885 g/mol. The molecule has 10 aromatic carbocycles. The molecule has 0 unspecified atom stereocenters. The number of para-hydroxylation sites is 8. The maximum Gasteiger partial charge on any atom is 0.260 e. The highest BCUT2D eigenvalue weighted by atomic mass is 16.5. The van der Waals surface area contributed by atoms with Crippen LogP contribution < -0.4 is 51.7 Å². The number of hydrogen-bond acceptors (Lipinski definition) is 4. The van der Waals surface area contributed by atoms with Gasteiger partial charge in [0.05, 0.1) is 66.5 Å². The second kappa shape index (κ2) is 13.4. The van der Waals surface area contributed by atoms with E-state index in [0.717, 1.165) is 21.9 Å². The van der Waals surface area contributed by atoms with Gasteiger partial charge in [-0.2, -0.15) is 0 Å². The van der Waals surface area contributed by atoms with Crippen LogP contribution in [0.2, 0.25) is 0 Å². The van der Waals surface area contributed by atoms with Crippen molar-refractivity contribution < 1.29 is 40.9 Å². The Morgan fingerprint density at radius 2 is 0.632 bits per heavy atom. The molecule has 12 aromatic rings. The van der Waals surface area contributed by atoms with Gasteiger partial charge in [-0.05, 0) is 70.3 Å². The maximum absolute atomic E-state index is 9.80. The van der Waals surface area contributed by atoms with Crippen LogP contribution in [0.5, 0.6) is 46.0 Å². The highest BCUT2D eigenvalue weighted by Gasteiger charge is 2.47. The molecule has 6 nitrogen and oxygen atoms in total. The summed E-state index contributed by atoms with van der Waals surface area (Å²) in [4.78, 5) is 0. The molecule has 0 N–H and O–H groups in total. The Balaban J connectivity index is 1.21. The Hall–Kier alpha value is -8.87. The van der Waals surface area contributed by atoms with E-state index in [4.69, 9.17) is 24.4 Å². The standard InChI is InChI=1S/C60H34B2N2O4/c1-9-25-43-35(17-1)36-18-2-10-26-44(36)63(43)47-33-53-57-59(67-51-31-15-7-23-41(51)61(57)39-21-5-13-29-49(39)65-53)55(47)56-48(64-45-27-11-3-19-37(45)38-20-4-12-28-46(38)64)34-54-58-60(56)68-52-32-16-8-24-42(52)62(58)40-22-6-14-30-50(40)66-54/h1-34H/i1D,2D,3D,4D,9D,10D,11D,12D,17D,18D,19D,20D,25D,26D,27D,28D. The van der Waals surface area contributed by atoms with E-state index in [1.807, 2.05) is 60.7 Å². The minimum absolute atomic E-state index is 0.0383. The Morgan fingerprint density at radius 1 is 0.338 bits per heavy atom. The SMILES string of the molecule is [2H]c1c([2H])c([2H])c2c(c1[2H])c1c([2H])c([2H])c([2H])c([2H])c1n2-c1cc2c3c(c1-c1c(-n4c5c([2H])c([2H])c([2H])c([2H])c5c5c([2H])c([2H])c([2H])c([2H])c54)cc4c5c1Oc1ccccc1B5c1ccccc1O4)Oc1ccccc1B3c1ccccc1O2. The van der Waals surface area contributed by atoms with Gasteiger partial charge in [0.25, 0.3) is 13.4 Å². The number of aromatic nitrogens is 2. The number of benzene rings is 10. The number of fused-ring (bicyclic) bond motifs is 14. The van der Waals surface area contributed by atoms with Crippen molar-refractivity contribution in [2.45, 2.75) is 0 Å². The van der Waals surface area contributed by atoms with Crippen LogP contribution in [-0.4, -0.2) is 22.6 Å². The number of hydrogen-bond donors (Lipinski definition) is 0. The predicted molar refractivity (Wildman–Crippen MR) is 276 cm³/mol. The average Bonchev–Trinajstić information content (AvgIpc) is 1.34. The smallest absolute Gasteiger partial charge is 0.260 e. The third kappa shape index (κ3) is 4.73. The molecule has 0 aliphatic carbocycles. The molecule has 0 spiro atoms.